The molecule has 0 saturated carbocycles. The Morgan fingerprint density at radius 3 is 2.55 bits per heavy atom. The fraction of sp³-hybridized carbons (Fsp3) is 0.250. The topological polar surface area (TPSA) is 35.2 Å². The molecule has 2 aromatic rings. The molecule has 0 radical (unpaired) electrons. The maximum atomic E-state index is 13.7. The van der Waals surface area contributed by atoms with Crippen molar-refractivity contribution in [2.75, 3.05) is 7.11 Å². The van der Waals surface area contributed by atoms with E-state index in [0.29, 0.717) is 5.75 Å². The van der Waals surface area contributed by atoms with Gasteiger partial charge >= 0.3 is 0 Å². The minimum absolute atomic E-state index is 0.198. The molecule has 0 spiro atoms. The van der Waals surface area contributed by atoms with Crippen molar-refractivity contribution in [2.45, 2.75) is 18.9 Å². The number of hydrogen-bond acceptors (Lipinski definition) is 2. The highest BCUT2D eigenvalue weighted by Gasteiger charge is 2.24. The van der Waals surface area contributed by atoms with Gasteiger partial charge in [0.15, 0.2) is 11.6 Å². The normalized spacial score (nSPS) is 13.8. The first-order valence-corrected chi connectivity index (χ1v) is 6.30. The van der Waals surface area contributed by atoms with Crippen LogP contribution in [0.3, 0.4) is 0 Å². The SMILES string of the molecule is COc1cccc(C(C)(N)Cc2cccc(F)c2F)c1. The molecule has 0 aliphatic rings. The summed E-state index contributed by atoms with van der Waals surface area (Å²) in [5.41, 5.74) is 6.52. The van der Waals surface area contributed by atoms with Crippen molar-refractivity contribution in [3.8, 4) is 5.75 Å². The summed E-state index contributed by atoms with van der Waals surface area (Å²) in [6.07, 6.45) is 0.198. The van der Waals surface area contributed by atoms with Crippen molar-refractivity contribution < 1.29 is 13.5 Å². The summed E-state index contributed by atoms with van der Waals surface area (Å²) < 4.78 is 32.1. The van der Waals surface area contributed by atoms with Crippen LogP contribution in [0.15, 0.2) is 42.5 Å². The Balaban J connectivity index is 2.32. The van der Waals surface area contributed by atoms with E-state index in [1.54, 1.807) is 26.2 Å². The van der Waals surface area contributed by atoms with Crippen molar-refractivity contribution in [2.24, 2.45) is 5.73 Å². The molecular weight excluding hydrogens is 260 g/mol. The smallest absolute Gasteiger partial charge is 0.162 e. The summed E-state index contributed by atoms with van der Waals surface area (Å²) in [5.74, 6) is -1.02. The summed E-state index contributed by atoms with van der Waals surface area (Å²) in [4.78, 5) is 0. The summed E-state index contributed by atoms with van der Waals surface area (Å²) >= 11 is 0. The van der Waals surface area contributed by atoms with Gasteiger partial charge in [-0.3, -0.25) is 0 Å². The number of halogens is 2. The molecule has 0 aromatic heterocycles. The van der Waals surface area contributed by atoms with E-state index in [0.717, 1.165) is 11.6 Å². The summed E-state index contributed by atoms with van der Waals surface area (Å²) in [6, 6.07) is 11.4. The second kappa shape index (κ2) is 5.59. The molecule has 0 heterocycles. The first-order chi connectivity index (χ1) is 9.44. The van der Waals surface area contributed by atoms with Crippen molar-refractivity contribution >= 4 is 0 Å². The van der Waals surface area contributed by atoms with Gasteiger partial charge in [0.2, 0.25) is 0 Å². The molecule has 0 amide bonds. The molecule has 2 N–H and O–H groups in total. The molecule has 2 nitrogen and oxygen atoms in total. The minimum Gasteiger partial charge on any atom is -0.497 e. The predicted molar refractivity (Wildman–Crippen MR) is 74.6 cm³/mol. The van der Waals surface area contributed by atoms with Crippen LogP contribution in [-0.4, -0.2) is 7.11 Å². The standard InChI is InChI=1S/C16H17F2NO/c1-16(19,12-6-4-7-13(9-12)20-2)10-11-5-3-8-14(17)15(11)18/h3-9H,10,19H2,1-2H3. The Bertz CT molecular complexity index is 611. The fourth-order valence-corrected chi connectivity index (χ4v) is 2.16. The molecule has 0 bridgehead atoms. The number of methoxy groups -OCH3 is 1. The Morgan fingerprint density at radius 1 is 1.15 bits per heavy atom. The van der Waals surface area contributed by atoms with Crippen LogP contribution >= 0.6 is 0 Å². The lowest BCUT2D eigenvalue weighted by atomic mass is 9.86. The predicted octanol–water partition coefficient (Wildman–Crippen LogP) is 3.39. The van der Waals surface area contributed by atoms with Crippen molar-refractivity contribution in [3.05, 3.63) is 65.2 Å². The lowest BCUT2D eigenvalue weighted by Gasteiger charge is -2.26. The van der Waals surface area contributed by atoms with E-state index >= 15 is 0 Å². The number of hydrogen-bond donors (Lipinski definition) is 1. The zero-order chi connectivity index (χ0) is 14.8. The van der Waals surface area contributed by atoms with Gasteiger partial charge in [-0.05, 0) is 42.7 Å². The molecule has 2 aromatic carbocycles. The van der Waals surface area contributed by atoms with E-state index in [9.17, 15) is 8.78 Å². The Morgan fingerprint density at radius 2 is 1.85 bits per heavy atom. The average molecular weight is 277 g/mol. The second-order valence-electron chi connectivity index (χ2n) is 5.04. The molecule has 4 heteroatoms. The molecule has 1 unspecified atom stereocenters. The number of rotatable bonds is 4. The highest BCUT2D eigenvalue weighted by Crippen LogP contribution is 2.27. The third kappa shape index (κ3) is 2.96. The Labute approximate surface area is 117 Å². The summed E-state index contributed by atoms with van der Waals surface area (Å²) in [6.45, 7) is 1.78. The average Bonchev–Trinajstić information content (AvgIpc) is 2.44. The van der Waals surface area contributed by atoms with Gasteiger partial charge in [-0.2, -0.15) is 0 Å². The van der Waals surface area contributed by atoms with E-state index in [1.165, 1.54) is 6.07 Å². The van der Waals surface area contributed by atoms with Gasteiger partial charge < -0.3 is 10.5 Å². The first-order valence-electron chi connectivity index (χ1n) is 6.30. The van der Waals surface area contributed by atoms with Crippen molar-refractivity contribution in [1.82, 2.24) is 0 Å². The maximum absolute atomic E-state index is 13.7. The van der Waals surface area contributed by atoms with E-state index in [4.69, 9.17) is 10.5 Å². The number of nitrogens with two attached hydrogens (primary N) is 1. The largest absolute Gasteiger partial charge is 0.497 e. The highest BCUT2D eigenvalue weighted by molar-refractivity contribution is 5.34. The quantitative estimate of drug-likeness (QED) is 0.929. The Kier molecular flexibility index (Phi) is 4.04. The van der Waals surface area contributed by atoms with E-state index < -0.39 is 17.2 Å². The molecule has 2 rings (SSSR count). The van der Waals surface area contributed by atoms with Crippen LogP contribution in [0.25, 0.3) is 0 Å². The summed E-state index contributed by atoms with van der Waals surface area (Å²) in [7, 11) is 1.57. The van der Waals surface area contributed by atoms with E-state index in [-0.39, 0.29) is 12.0 Å². The monoisotopic (exact) mass is 277 g/mol. The zero-order valence-corrected chi connectivity index (χ0v) is 11.5. The number of benzene rings is 2. The first kappa shape index (κ1) is 14.5. The van der Waals surface area contributed by atoms with Gasteiger partial charge in [0, 0.05) is 5.54 Å². The molecule has 0 aliphatic heterocycles. The molecule has 20 heavy (non-hydrogen) atoms. The van der Waals surface area contributed by atoms with Crippen LogP contribution in [0.5, 0.6) is 5.75 Å². The van der Waals surface area contributed by atoms with Crippen LogP contribution < -0.4 is 10.5 Å². The van der Waals surface area contributed by atoms with Crippen LogP contribution in [0.1, 0.15) is 18.1 Å². The third-order valence-corrected chi connectivity index (χ3v) is 3.32. The van der Waals surface area contributed by atoms with Gasteiger partial charge in [0.1, 0.15) is 5.75 Å². The van der Waals surface area contributed by atoms with Crippen molar-refractivity contribution in [1.29, 1.82) is 0 Å². The van der Waals surface area contributed by atoms with Crippen LogP contribution in [-0.2, 0) is 12.0 Å². The highest BCUT2D eigenvalue weighted by atomic mass is 19.2. The number of ether oxygens (including phenoxy) is 1. The molecule has 0 fully saturated rings. The van der Waals surface area contributed by atoms with Gasteiger partial charge in [-0.1, -0.05) is 24.3 Å². The van der Waals surface area contributed by atoms with Crippen LogP contribution in [0.2, 0.25) is 0 Å². The van der Waals surface area contributed by atoms with Gasteiger partial charge in [0.05, 0.1) is 7.11 Å². The van der Waals surface area contributed by atoms with E-state index in [2.05, 4.69) is 0 Å². The third-order valence-electron chi connectivity index (χ3n) is 3.32. The zero-order valence-electron chi connectivity index (χ0n) is 11.5. The fourth-order valence-electron chi connectivity index (χ4n) is 2.16. The molecule has 0 saturated heterocycles. The molecule has 1 atom stereocenters. The molecule has 0 aliphatic carbocycles. The minimum atomic E-state index is -0.857. The second-order valence-corrected chi connectivity index (χ2v) is 5.04. The summed E-state index contributed by atoms with van der Waals surface area (Å²) in [5, 5.41) is 0. The van der Waals surface area contributed by atoms with Crippen LogP contribution in [0, 0.1) is 11.6 Å². The van der Waals surface area contributed by atoms with Gasteiger partial charge in [-0.15, -0.1) is 0 Å². The lowest BCUT2D eigenvalue weighted by Crippen LogP contribution is -2.35. The van der Waals surface area contributed by atoms with Crippen LogP contribution in [0.4, 0.5) is 8.78 Å². The van der Waals surface area contributed by atoms with Gasteiger partial charge in [0.25, 0.3) is 0 Å². The van der Waals surface area contributed by atoms with Crippen molar-refractivity contribution in [3.63, 3.8) is 0 Å². The molecule has 106 valence electrons. The lowest BCUT2D eigenvalue weighted by molar-refractivity contribution is 0.409. The maximum Gasteiger partial charge on any atom is 0.162 e. The Hall–Kier alpha value is -1.94. The molecular formula is C16H17F2NO. The van der Waals surface area contributed by atoms with Gasteiger partial charge in [-0.25, -0.2) is 8.78 Å². The van der Waals surface area contributed by atoms with E-state index in [1.807, 2.05) is 18.2 Å².